The van der Waals surface area contributed by atoms with E-state index in [2.05, 4.69) is 10.6 Å². The minimum atomic E-state index is -0.425. The topological polar surface area (TPSA) is 50.4 Å². The predicted molar refractivity (Wildman–Crippen MR) is 76.6 cm³/mol. The first-order valence-corrected chi connectivity index (χ1v) is 7.02. The molecule has 1 aromatic rings. The van der Waals surface area contributed by atoms with E-state index in [0.717, 1.165) is 19.5 Å². The summed E-state index contributed by atoms with van der Waals surface area (Å²) in [6, 6.07) is 7.01. The molecule has 1 aliphatic heterocycles. The first-order chi connectivity index (χ1) is 9.24. The maximum Gasteiger partial charge on any atom is 0.411 e. The first kappa shape index (κ1) is 14.2. The number of hydrogen-bond donors (Lipinski definition) is 2. The van der Waals surface area contributed by atoms with Gasteiger partial charge in [0.05, 0.1) is 6.61 Å². The Kier molecular flexibility index (Phi) is 5.48. The fraction of sp³-hybridized carbons (Fsp3) is 0.500. The van der Waals surface area contributed by atoms with Crippen LogP contribution in [0.3, 0.4) is 0 Å². The minimum absolute atomic E-state index is 0.425. The van der Waals surface area contributed by atoms with Gasteiger partial charge in [-0.05, 0) is 56.5 Å². The second-order valence-electron chi connectivity index (χ2n) is 4.77. The molecule has 5 heteroatoms. The number of rotatable bonds is 4. The van der Waals surface area contributed by atoms with Gasteiger partial charge in [0.1, 0.15) is 0 Å². The van der Waals surface area contributed by atoms with Crippen LogP contribution in [0.1, 0.15) is 19.3 Å². The van der Waals surface area contributed by atoms with Gasteiger partial charge in [0.15, 0.2) is 0 Å². The SMILES string of the molecule is O=C(Nc1cccc(Cl)c1)OCCC1CCCNC1. The van der Waals surface area contributed by atoms with Crippen LogP contribution < -0.4 is 10.6 Å². The van der Waals surface area contributed by atoms with Gasteiger partial charge in [-0.1, -0.05) is 17.7 Å². The Morgan fingerprint density at radius 3 is 3.16 bits per heavy atom. The van der Waals surface area contributed by atoms with Crippen LogP contribution in [0.25, 0.3) is 0 Å². The molecule has 2 N–H and O–H groups in total. The lowest BCUT2D eigenvalue weighted by Crippen LogP contribution is -2.30. The Bertz CT molecular complexity index is 420. The number of halogens is 1. The molecule has 19 heavy (non-hydrogen) atoms. The largest absolute Gasteiger partial charge is 0.449 e. The third kappa shape index (κ3) is 5.09. The van der Waals surface area contributed by atoms with E-state index in [0.29, 0.717) is 23.2 Å². The summed E-state index contributed by atoms with van der Waals surface area (Å²) in [5.41, 5.74) is 0.650. The lowest BCUT2D eigenvalue weighted by molar-refractivity contribution is 0.150. The van der Waals surface area contributed by atoms with E-state index >= 15 is 0 Å². The van der Waals surface area contributed by atoms with Gasteiger partial charge in [-0.15, -0.1) is 0 Å². The van der Waals surface area contributed by atoms with E-state index in [1.165, 1.54) is 12.8 Å². The zero-order chi connectivity index (χ0) is 13.5. The molecule has 1 aliphatic rings. The average molecular weight is 283 g/mol. The number of carbonyl (C=O) groups excluding carboxylic acids is 1. The molecule has 0 bridgehead atoms. The summed E-state index contributed by atoms with van der Waals surface area (Å²) in [6.45, 7) is 2.59. The van der Waals surface area contributed by atoms with Crippen LogP contribution in [0.2, 0.25) is 5.02 Å². The number of nitrogens with one attached hydrogen (secondary N) is 2. The van der Waals surface area contributed by atoms with E-state index in [1.807, 2.05) is 0 Å². The predicted octanol–water partition coefficient (Wildman–Crippen LogP) is 3.28. The van der Waals surface area contributed by atoms with Crippen molar-refractivity contribution in [2.24, 2.45) is 5.92 Å². The molecular weight excluding hydrogens is 264 g/mol. The number of hydrogen-bond acceptors (Lipinski definition) is 3. The molecule has 1 atom stereocenters. The summed E-state index contributed by atoms with van der Waals surface area (Å²) in [4.78, 5) is 11.6. The summed E-state index contributed by atoms with van der Waals surface area (Å²) >= 11 is 5.84. The van der Waals surface area contributed by atoms with Crippen LogP contribution in [-0.4, -0.2) is 25.8 Å². The summed E-state index contributed by atoms with van der Waals surface area (Å²) in [5.74, 6) is 0.618. The number of ether oxygens (including phenoxy) is 1. The van der Waals surface area contributed by atoms with Crippen molar-refractivity contribution in [3.63, 3.8) is 0 Å². The second kappa shape index (κ2) is 7.36. The van der Waals surface area contributed by atoms with Gasteiger partial charge in [-0.25, -0.2) is 4.79 Å². The zero-order valence-corrected chi connectivity index (χ0v) is 11.6. The van der Waals surface area contributed by atoms with Crippen LogP contribution in [0, 0.1) is 5.92 Å². The maximum absolute atomic E-state index is 11.6. The lowest BCUT2D eigenvalue weighted by Gasteiger charge is -2.22. The normalized spacial score (nSPS) is 18.9. The van der Waals surface area contributed by atoms with Gasteiger partial charge in [0.25, 0.3) is 0 Å². The Morgan fingerprint density at radius 2 is 2.42 bits per heavy atom. The molecule has 1 amide bonds. The molecule has 2 rings (SSSR count). The van der Waals surface area contributed by atoms with Crippen LogP contribution >= 0.6 is 11.6 Å². The monoisotopic (exact) mass is 282 g/mol. The third-order valence-corrected chi connectivity index (χ3v) is 3.46. The number of piperidine rings is 1. The highest BCUT2D eigenvalue weighted by Gasteiger charge is 2.13. The molecule has 1 heterocycles. The summed E-state index contributed by atoms with van der Waals surface area (Å²) in [7, 11) is 0. The third-order valence-electron chi connectivity index (χ3n) is 3.23. The van der Waals surface area contributed by atoms with Crippen LogP contribution in [0.5, 0.6) is 0 Å². The molecule has 0 aliphatic carbocycles. The van der Waals surface area contributed by atoms with Crippen molar-refractivity contribution in [1.82, 2.24) is 5.32 Å². The van der Waals surface area contributed by atoms with Gasteiger partial charge in [-0.2, -0.15) is 0 Å². The van der Waals surface area contributed by atoms with Crippen molar-refractivity contribution in [3.8, 4) is 0 Å². The van der Waals surface area contributed by atoms with E-state index in [1.54, 1.807) is 24.3 Å². The van der Waals surface area contributed by atoms with E-state index in [4.69, 9.17) is 16.3 Å². The van der Waals surface area contributed by atoms with Crippen molar-refractivity contribution in [2.45, 2.75) is 19.3 Å². The fourth-order valence-electron chi connectivity index (χ4n) is 2.21. The number of amides is 1. The standard InChI is InChI=1S/C14H19ClN2O2/c15-12-4-1-5-13(9-12)17-14(18)19-8-6-11-3-2-7-16-10-11/h1,4-5,9,11,16H,2-3,6-8,10H2,(H,17,18). The summed E-state index contributed by atoms with van der Waals surface area (Å²) in [5, 5.41) is 6.60. The van der Waals surface area contributed by atoms with Gasteiger partial charge in [-0.3, -0.25) is 5.32 Å². The van der Waals surface area contributed by atoms with Gasteiger partial charge >= 0.3 is 6.09 Å². The zero-order valence-electron chi connectivity index (χ0n) is 10.8. The average Bonchev–Trinajstić information content (AvgIpc) is 2.40. The minimum Gasteiger partial charge on any atom is -0.449 e. The molecule has 1 unspecified atom stereocenters. The molecule has 0 aromatic heterocycles. The maximum atomic E-state index is 11.6. The quantitative estimate of drug-likeness (QED) is 0.891. The van der Waals surface area contributed by atoms with Crippen molar-refractivity contribution >= 4 is 23.4 Å². The van der Waals surface area contributed by atoms with Crippen molar-refractivity contribution in [2.75, 3.05) is 25.0 Å². The number of carbonyl (C=O) groups is 1. The molecule has 104 valence electrons. The lowest BCUT2D eigenvalue weighted by atomic mass is 9.97. The van der Waals surface area contributed by atoms with Crippen molar-refractivity contribution in [3.05, 3.63) is 29.3 Å². The second-order valence-corrected chi connectivity index (χ2v) is 5.21. The fourth-order valence-corrected chi connectivity index (χ4v) is 2.40. The number of benzene rings is 1. The van der Waals surface area contributed by atoms with Crippen LogP contribution in [0.15, 0.2) is 24.3 Å². The summed E-state index contributed by atoms with van der Waals surface area (Å²) < 4.78 is 5.17. The van der Waals surface area contributed by atoms with Gasteiger partial charge in [0, 0.05) is 10.7 Å². The van der Waals surface area contributed by atoms with Crippen LogP contribution in [-0.2, 0) is 4.74 Å². The van der Waals surface area contributed by atoms with Crippen molar-refractivity contribution < 1.29 is 9.53 Å². The molecule has 0 saturated carbocycles. The molecule has 1 aromatic carbocycles. The Labute approximate surface area is 118 Å². The molecular formula is C14H19ClN2O2. The van der Waals surface area contributed by atoms with Crippen LogP contribution in [0.4, 0.5) is 10.5 Å². The molecule has 1 saturated heterocycles. The Hall–Kier alpha value is -1.26. The highest BCUT2D eigenvalue weighted by Crippen LogP contribution is 2.16. The van der Waals surface area contributed by atoms with E-state index in [-0.39, 0.29) is 0 Å². The van der Waals surface area contributed by atoms with Crippen molar-refractivity contribution in [1.29, 1.82) is 0 Å². The Morgan fingerprint density at radius 1 is 1.53 bits per heavy atom. The highest BCUT2D eigenvalue weighted by molar-refractivity contribution is 6.30. The highest BCUT2D eigenvalue weighted by atomic mass is 35.5. The van der Waals surface area contributed by atoms with E-state index in [9.17, 15) is 4.79 Å². The van der Waals surface area contributed by atoms with E-state index < -0.39 is 6.09 Å². The molecule has 4 nitrogen and oxygen atoms in total. The van der Waals surface area contributed by atoms with Gasteiger partial charge < -0.3 is 10.1 Å². The number of anilines is 1. The molecule has 0 spiro atoms. The first-order valence-electron chi connectivity index (χ1n) is 6.64. The Balaban J connectivity index is 1.67. The van der Waals surface area contributed by atoms with Gasteiger partial charge in [0.2, 0.25) is 0 Å². The smallest absolute Gasteiger partial charge is 0.411 e. The molecule has 0 radical (unpaired) electrons. The molecule has 1 fully saturated rings. The summed E-state index contributed by atoms with van der Waals surface area (Å²) in [6.07, 6.45) is 2.91.